The lowest BCUT2D eigenvalue weighted by Gasteiger charge is -2.01. The first-order chi connectivity index (χ1) is 9.74. The van der Waals surface area contributed by atoms with Gasteiger partial charge in [0.05, 0.1) is 6.21 Å². The van der Waals surface area contributed by atoms with Crippen LogP contribution in [0.3, 0.4) is 0 Å². The summed E-state index contributed by atoms with van der Waals surface area (Å²) >= 11 is 1.08. The molecule has 7 heteroatoms. The maximum Gasteiger partial charge on any atom is 0.345 e. The zero-order valence-electron chi connectivity index (χ0n) is 10.3. The van der Waals surface area contributed by atoms with Crippen molar-refractivity contribution >= 4 is 24.2 Å². The molecule has 0 aliphatic rings. The van der Waals surface area contributed by atoms with Crippen molar-refractivity contribution in [3.05, 3.63) is 60.0 Å². The predicted octanol–water partition coefficient (Wildman–Crippen LogP) is 2.56. The quantitative estimate of drug-likeness (QED) is 0.516. The summed E-state index contributed by atoms with van der Waals surface area (Å²) in [6.45, 7) is 0. The van der Waals surface area contributed by atoms with E-state index in [-0.39, 0.29) is 5.82 Å². The van der Waals surface area contributed by atoms with Gasteiger partial charge in [0.1, 0.15) is 10.8 Å². The predicted molar refractivity (Wildman–Crippen MR) is 75.8 cm³/mol. The Morgan fingerprint density at radius 3 is 2.75 bits per heavy atom. The van der Waals surface area contributed by atoms with Crippen LogP contribution in [0.1, 0.15) is 5.56 Å². The summed E-state index contributed by atoms with van der Waals surface area (Å²) in [7, 11) is 0. The van der Waals surface area contributed by atoms with E-state index in [4.69, 9.17) is 0 Å². The molecule has 1 aromatic heterocycles. The van der Waals surface area contributed by atoms with Crippen molar-refractivity contribution in [2.24, 2.45) is 5.10 Å². The monoisotopic (exact) mass is 290 g/mol. The Bertz CT molecular complexity index is 589. The zero-order valence-corrected chi connectivity index (χ0v) is 11.1. The first-order valence-electron chi connectivity index (χ1n) is 5.66. The number of amides is 2. The second kappa shape index (κ2) is 7.25. The van der Waals surface area contributed by atoms with E-state index in [2.05, 4.69) is 20.2 Å². The van der Waals surface area contributed by atoms with Gasteiger partial charge in [0, 0.05) is 18.1 Å². The van der Waals surface area contributed by atoms with Crippen molar-refractivity contribution in [1.82, 2.24) is 15.1 Å². The van der Waals surface area contributed by atoms with Gasteiger partial charge in [0.15, 0.2) is 0 Å². The molecule has 0 fully saturated rings. The molecular formula is C13H11FN4OS. The molecule has 0 unspecified atom stereocenters. The van der Waals surface area contributed by atoms with E-state index in [9.17, 15) is 9.18 Å². The van der Waals surface area contributed by atoms with Crippen LogP contribution in [0.4, 0.5) is 9.18 Å². The number of hydrogen-bond donors (Lipinski definition) is 2. The maximum atomic E-state index is 12.7. The first kappa shape index (κ1) is 14.0. The Morgan fingerprint density at radius 2 is 2.05 bits per heavy atom. The van der Waals surface area contributed by atoms with E-state index < -0.39 is 6.03 Å². The summed E-state index contributed by atoms with van der Waals surface area (Å²) in [4.78, 5) is 15.4. The Kier molecular flexibility index (Phi) is 5.08. The van der Waals surface area contributed by atoms with Crippen LogP contribution < -0.4 is 10.1 Å². The van der Waals surface area contributed by atoms with Crippen LogP contribution in [-0.4, -0.2) is 17.2 Å². The minimum absolute atomic E-state index is 0.320. The minimum atomic E-state index is -0.473. The fraction of sp³-hybridized carbons (Fsp3) is 0. The Balaban J connectivity index is 1.76. The van der Waals surface area contributed by atoms with Crippen molar-refractivity contribution in [1.29, 1.82) is 0 Å². The molecule has 2 amide bonds. The molecule has 5 nitrogen and oxygen atoms in total. The summed E-state index contributed by atoms with van der Waals surface area (Å²) in [6.07, 6.45) is 3.05. The van der Waals surface area contributed by atoms with Crippen LogP contribution in [-0.2, 0) is 0 Å². The summed E-state index contributed by atoms with van der Waals surface area (Å²) in [6, 6.07) is 10.7. The fourth-order valence-electron chi connectivity index (χ4n) is 1.24. The molecule has 2 aromatic rings. The van der Waals surface area contributed by atoms with Gasteiger partial charge in [-0.25, -0.2) is 19.6 Å². The van der Waals surface area contributed by atoms with Crippen molar-refractivity contribution in [3.63, 3.8) is 0 Å². The fourth-order valence-corrected chi connectivity index (χ4v) is 1.75. The highest BCUT2D eigenvalue weighted by atomic mass is 32.2. The SMILES string of the molecule is O=C(N/N=C/c1ccc(F)cc1)NSc1ccccn1. The van der Waals surface area contributed by atoms with Crippen molar-refractivity contribution in [2.75, 3.05) is 0 Å². The number of nitrogens with zero attached hydrogens (tertiary/aromatic N) is 2. The molecule has 1 heterocycles. The topological polar surface area (TPSA) is 66.4 Å². The third-order valence-corrected chi connectivity index (χ3v) is 2.87. The van der Waals surface area contributed by atoms with Crippen LogP contribution in [0.15, 0.2) is 58.8 Å². The third kappa shape index (κ3) is 4.69. The lowest BCUT2D eigenvalue weighted by Crippen LogP contribution is -2.27. The largest absolute Gasteiger partial charge is 0.345 e. The summed E-state index contributed by atoms with van der Waals surface area (Å²) < 4.78 is 15.2. The minimum Gasteiger partial charge on any atom is -0.275 e. The summed E-state index contributed by atoms with van der Waals surface area (Å²) in [5.74, 6) is -0.320. The van der Waals surface area contributed by atoms with Gasteiger partial charge in [-0.15, -0.1) is 0 Å². The standard InChI is InChI=1S/C13H11FN4OS/c14-11-6-4-10(5-7-11)9-16-17-13(19)18-20-12-3-1-2-8-15-12/h1-9H,(H2,17,18,19)/b16-9+. The van der Waals surface area contributed by atoms with Gasteiger partial charge in [-0.2, -0.15) is 5.10 Å². The van der Waals surface area contributed by atoms with Crippen molar-refractivity contribution < 1.29 is 9.18 Å². The smallest absolute Gasteiger partial charge is 0.275 e. The molecule has 1 aromatic carbocycles. The molecule has 102 valence electrons. The molecule has 0 aliphatic heterocycles. The number of hydrogen-bond acceptors (Lipinski definition) is 4. The van der Waals surface area contributed by atoms with Crippen molar-refractivity contribution in [2.45, 2.75) is 5.03 Å². The van der Waals surface area contributed by atoms with Crippen LogP contribution in [0.2, 0.25) is 0 Å². The number of urea groups is 1. The average molecular weight is 290 g/mol. The molecule has 2 N–H and O–H groups in total. The number of carbonyl (C=O) groups is 1. The molecule has 2 rings (SSSR count). The number of benzene rings is 1. The summed E-state index contributed by atoms with van der Waals surface area (Å²) in [5, 5.41) is 4.41. The van der Waals surface area contributed by atoms with Gasteiger partial charge in [-0.3, -0.25) is 4.72 Å². The summed E-state index contributed by atoms with van der Waals surface area (Å²) in [5.41, 5.74) is 2.98. The lowest BCUT2D eigenvalue weighted by molar-refractivity contribution is 0.247. The molecule has 0 saturated heterocycles. The van der Waals surface area contributed by atoms with Crippen molar-refractivity contribution in [3.8, 4) is 0 Å². The van der Waals surface area contributed by atoms with Gasteiger partial charge >= 0.3 is 6.03 Å². The average Bonchev–Trinajstić information content (AvgIpc) is 2.48. The van der Waals surface area contributed by atoms with Gasteiger partial charge in [0.2, 0.25) is 0 Å². The number of carbonyl (C=O) groups excluding carboxylic acids is 1. The Labute approximate surface area is 119 Å². The van der Waals surface area contributed by atoms with Gasteiger partial charge < -0.3 is 0 Å². The third-order valence-electron chi connectivity index (χ3n) is 2.14. The number of hydrazone groups is 1. The van der Waals surface area contributed by atoms with E-state index >= 15 is 0 Å². The van der Waals surface area contributed by atoms with E-state index in [1.54, 1.807) is 30.5 Å². The number of rotatable bonds is 4. The first-order valence-corrected chi connectivity index (χ1v) is 6.48. The molecule has 0 radical (unpaired) electrons. The zero-order chi connectivity index (χ0) is 14.2. The molecule has 0 aliphatic carbocycles. The number of halogens is 1. The van der Waals surface area contributed by atoms with Crippen LogP contribution in [0.5, 0.6) is 0 Å². The normalized spacial score (nSPS) is 10.4. The molecule has 20 heavy (non-hydrogen) atoms. The Hall–Kier alpha value is -2.41. The van der Waals surface area contributed by atoms with E-state index in [0.29, 0.717) is 10.6 Å². The molecule has 0 saturated carbocycles. The van der Waals surface area contributed by atoms with Crippen LogP contribution in [0.25, 0.3) is 0 Å². The molecule has 0 spiro atoms. The highest BCUT2D eigenvalue weighted by Crippen LogP contribution is 2.08. The highest BCUT2D eigenvalue weighted by molar-refractivity contribution is 7.97. The number of pyridine rings is 1. The van der Waals surface area contributed by atoms with E-state index in [0.717, 1.165) is 11.9 Å². The Morgan fingerprint density at radius 1 is 1.25 bits per heavy atom. The molecular weight excluding hydrogens is 279 g/mol. The van der Waals surface area contributed by atoms with Gasteiger partial charge in [-0.1, -0.05) is 18.2 Å². The van der Waals surface area contributed by atoms with E-state index in [1.807, 2.05) is 6.07 Å². The lowest BCUT2D eigenvalue weighted by atomic mass is 10.2. The van der Waals surface area contributed by atoms with E-state index in [1.165, 1.54) is 18.3 Å². The van der Waals surface area contributed by atoms with Crippen LogP contribution in [0, 0.1) is 5.82 Å². The van der Waals surface area contributed by atoms with Gasteiger partial charge in [-0.05, 0) is 29.8 Å². The second-order valence-corrected chi connectivity index (χ2v) is 4.45. The number of nitrogens with one attached hydrogen (secondary N) is 2. The maximum absolute atomic E-state index is 12.7. The number of aromatic nitrogens is 1. The molecule has 0 atom stereocenters. The van der Waals surface area contributed by atoms with Crippen LogP contribution >= 0.6 is 11.9 Å². The highest BCUT2D eigenvalue weighted by Gasteiger charge is 1.99. The van der Waals surface area contributed by atoms with Gasteiger partial charge in [0.25, 0.3) is 0 Å². The second-order valence-electron chi connectivity index (χ2n) is 3.62. The molecule has 0 bridgehead atoms.